The Hall–Kier alpha value is -4.89. The van der Waals surface area contributed by atoms with E-state index in [1.54, 1.807) is 51.4 Å². The van der Waals surface area contributed by atoms with Crippen LogP contribution in [0.2, 0.25) is 0 Å². The maximum Gasteiger partial charge on any atom is 0.275 e. The lowest BCUT2D eigenvalue weighted by Crippen LogP contribution is -2.30. The zero-order valence-electron chi connectivity index (χ0n) is 23.8. The second kappa shape index (κ2) is 12.7. The third kappa shape index (κ3) is 6.37. The van der Waals surface area contributed by atoms with E-state index in [1.807, 2.05) is 6.92 Å². The summed E-state index contributed by atoms with van der Waals surface area (Å²) in [5.41, 5.74) is 3.30. The van der Waals surface area contributed by atoms with Gasteiger partial charge in [0.05, 0.1) is 12.2 Å². The number of carbonyl (C=O) groups excluding carboxylic acids is 2. The molecule has 7 nitrogen and oxygen atoms in total. The first-order valence-corrected chi connectivity index (χ1v) is 13.3. The van der Waals surface area contributed by atoms with E-state index in [0.717, 1.165) is 18.2 Å². The summed E-state index contributed by atoms with van der Waals surface area (Å²) in [6.07, 6.45) is 0. The number of halogens is 2. The maximum atomic E-state index is 14.8. The zero-order chi connectivity index (χ0) is 30.6. The van der Waals surface area contributed by atoms with Crippen molar-refractivity contribution < 1.29 is 18.4 Å². The van der Waals surface area contributed by atoms with E-state index in [1.165, 1.54) is 28.8 Å². The quantitative estimate of drug-likeness (QED) is 0.226. The predicted molar refractivity (Wildman–Crippen MR) is 161 cm³/mol. The summed E-state index contributed by atoms with van der Waals surface area (Å²) < 4.78 is 29.7. The van der Waals surface area contributed by atoms with E-state index >= 15 is 0 Å². The molecule has 0 radical (unpaired) electrons. The summed E-state index contributed by atoms with van der Waals surface area (Å²) >= 11 is 0. The van der Waals surface area contributed by atoms with Crippen LogP contribution in [0.15, 0.2) is 89.9 Å². The van der Waals surface area contributed by atoms with E-state index < -0.39 is 23.0 Å². The summed E-state index contributed by atoms with van der Waals surface area (Å²) in [6.45, 7) is 7.61. The van der Waals surface area contributed by atoms with Crippen LogP contribution in [0.4, 0.5) is 14.5 Å². The Morgan fingerprint density at radius 3 is 2.31 bits per heavy atom. The lowest BCUT2D eigenvalue weighted by Gasteiger charge is -2.20. The number of likely N-dealkylation sites (N-methyl/N-ethyl adjacent to an activating group) is 1. The first-order chi connectivity index (χ1) is 20.0. The number of amides is 1. The lowest BCUT2D eigenvalue weighted by molar-refractivity contribution is 0.0961. The van der Waals surface area contributed by atoms with Crippen molar-refractivity contribution in [2.45, 2.75) is 26.4 Å². The number of aromatic nitrogens is 1. The zero-order valence-corrected chi connectivity index (χ0v) is 23.8. The molecule has 1 atom stereocenters. The molecule has 0 saturated heterocycles. The fraction of sp³-hybridized carbons (Fsp3) is 0.182. The molecule has 42 heavy (non-hydrogen) atoms. The molecule has 0 aliphatic rings. The average Bonchev–Trinajstić information content (AvgIpc) is 2.98. The Labute approximate surface area is 242 Å². The smallest absolute Gasteiger partial charge is 0.275 e. The van der Waals surface area contributed by atoms with Crippen LogP contribution in [-0.2, 0) is 6.54 Å². The van der Waals surface area contributed by atoms with Gasteiger partial charge in [0.1, 0.15) is 17.3 Å². The van der Waals surface area contributed by atoms with Crippen molar-refractivity contribution in [3.8, 4) is 11.3 Å². The molecule has 0 spiro atoms. The number of nitrogens with zero attached hydrogens (tertiary/aromatic N) is 1. The fourth-order valence-corrected chi connectivity index (χ4v) is 4.64. The number of anilines is 1. The van der Waals surface area contributed by atoms with Crippen molar-refractivity contribution in [3.63, 3.8) is 0 Å². The van der Waals surface area contributed by atoms with E-state index in [9.17, 15) is 23.2 Å². The van der Waals surface area contributed by atoms with Crippen molar-refractivity contribution in [2.24, 2.45) is 0 Å². The van der Waals surface area contributed by atoms with Crippen molar-refractivity contribution in [1.82, 2.24) is 15.2 Å². The van der Waals surface area contributed by atoms with Crippen molar-refractivity contribution in [1.29, 1.82) is 0 Å². The van der Waals surface area contributed by atoms with Crippen LogP contribution >= 0.6 is 0 Å². The van der Waals surface area contributed by atoms with Gasteiger partial charge in [-0.2, -0.15) is 0 Å². The highest BCUT2D eigenvalue weighted by Crippen LogP contribution is 2.27. The van der Waals surface area contributed by atoms with Crippen molar-refractivity contribution in [3.05, 3.63) is 135 Å². The van der Waals surface area contributed by atoms with Crippen LogP contribution in [0.25, 0.3) is 11.3 Å². The van der Waals surface area contributed by atoms with Gasteiger partial charge in [0.2, 0.25) is 0 Å². The van der Waals surface area contributed by atoms with Gasteiger partial charge in [-0.3, -0.25) is 14.4 Å². The Kier molecular flexibility index (Phi) is 9.12. The molecule has 3 N–H and O–H groups in total. The molecule has 4 aromatic rings. The summed E-state index contributed by atoms with van der Waals surface area (Å²) in [6, 6.07) is 17.4. The van der Waals surface area contributed by atoms with Crippen LogP contribution in [0.1, 0.15) is 44.3 Å². The molecule has 9 heteroatoms. The minimum atomic E-state index is -0.657. The Balaban J connectivity index is 1.85. The number of pyridine rings is 1. The standard InChI is InChI=1S/C33H32F2N4O3/c1-19-27(7-6-8-28(19)32(41)37-5)30-14-13-29(38-21(3)20(2)36-4)33(42)39(30)18-22-15-24(17-26(35)16-22)31(40)23-9-11-25(34)12-10-23/h6-17,20,36,38H,3,18H2,1-2,4-5H3,(H,37,41)/t20-/m0/s1. The molecule has 216 valence electrons. The molecule has 0 aliphatic heterocycles. The number of hydrogen-bond acceptors (Lipinski definition) is 5. The monoisotopic (exact) mass is 570 g/mol. The number of nitrogens with one attached hydrogen (secondary N) is 3. The first-order valence-electron chi connectivity index (χ1n) is 13.3. The van der Waals surface area contributed by atoms with Gasteiger partial charge in [-0.25, -0.2) is 8.78 Å². The molecule has 0 saturated carbocycles. The van der Waals surface area contributed by atoms with Gasteiger partial charge in [-0.15, -0.1) is 0 Å². The van der Waals surface area contributed by atoms with E-state index in [4.69, 9.17) is 0 Å². The van der Waals surface area contributed by atoms with Gasteiger partial charge < -0.3 is 20.5 Å². The van der Waals surface area contributed by atoms with Crippen LogP contribution in [0, 0.1) is 18.6 Å². The van der Waals surface area contributed by atoms with E-state index in [0.29, 0.717) is 33.6 Å². The van der Waals surface area contributed by atoms with Gasteiger partial charge in [0, 0.05) is 41.0 Å². The highest BCUT2D eigenvalue weighted by molar-refractivity contribution is 6.09. The molecule has 1 heterocycles. The topological polar surface area (TPSA) is 92.2 Å². The molecular weight excluding hydrogens is 538 g/mol. The molecule has 4 rings (SSSR count). The Morgan fingerprint density at radius 2 is 1.64 bits per heavy atom. The molecule has 3 aromatic carbocycles. The molecule has 1 aromatic heterocycles. The number of ketones is 1. The van der Waals surface area contributed by atoms with Gasteiger partial charge >= 0.3 is 0 Å². The van der Waals surface area contributed by atoms with Crippen LogP contribution in [0.3, 0.4) is 0 Å². The summed E-state index contributed by atoms with van der Waals surface area (Å²) in [5.74, 6) is -1.90. The minimum Gasteiger partial charge on any atom is -0.355 e. The predicted octanol–water partition coefficient (Wildman–Crippen LogP) is 5.27. The molecular formula is C33H32F2N4O3. The SMILES string of the molecule is C=C(Nc1ccc(-c2cccc(C(=O)NC)c2C)n(Cc2cc(F)cc(C(=O)c3ccc(F)cc3)c2)c1=O)[C@H](C)NC. The minimum absolute atomic E-state index is 0.0644. The van der Waals surface area contributed by atoms with Gasteiger partial charge in [0.15, 0.2) is 5.78 Å². The number of rotatable bonds is 10. The Bertz CT molecular complexity index is 1730. The van der Waals surface area contributed by atoms with Gasteiger partial charge in [-0.05, 0) is 92.7 Å². The van der Waals surface area contributed by atoms with Gasteiger partial charge in [0.25, 0.3) is 11.5 Å². The molecule has 0 aliphatic carbocycles. The van der Waals surface area contributed by atoms with E-state index in [-0.39, 0.29) is 35.3 Å². The third-order valence-corrected chi connectivity index (χ3v) is 7.17. The van der Waals surface area contributed by atoms with E-state index in [2.05, 4.69) is 22.5 Å². The largest absolute Gasteiger partial charge is 0.355 e. The highest BCUT2D eigenvalue weighted by Gasteiger charge is 2.19. The second-order valence-corrected chi connectivity index (χ2v) is 9.93. The number of benzene rings is 3. The normalized spacial score (nSPS) is 11.6. The second-order valence-electron chi connectivity index (χ2n) is 9.93. The van der Waals surface area contributed by atoms with Crippen molar-refractivity contribution in [2.75, 3.05) is 19.4 Å². The lowest BCUT2D eigenvalue weighted by atomic mass is 9.98. The first kappa shape index (κ1) is 30.1. The van der Waals surface area contributed by atoms with Crippen LogP contribution in [0.5, 0.6) is 0 Å². The fourth-order valence-electron chi connectivity index (χ4n) is 4.64. The molecule has 0 fully saturated rings. The molecule has 0 unspecified atom stereocenters. The number of carbonyl (C=O) groups is 2. The summed E-state index contributed by atoms with van der Waals surface area (Å²) in [7, 11) is 3.31. The maximum absolute atomic E-state index is 14.8. The molecule has 1 amide bonds. The summed E-state index contributed by atoms with van der Waals surface area (Å²) in [4.78, 5) is 39.5. The highest BCUT2D eigenvalue weighted by atomic mass is 19.1. The number of hydrogen-bond donors (Lipinski definition) is 3. The van der Waals surface area contributed by atoms with Crippen LogP contribution in [-0.4, -0.2) is 36.4 Å². The average molecular weight is 571 g/mol. The van der Waals surface area contributed by atoms with Gasteiger partial charge in [-0.1, -0.05) is 18.7 Å². The van der Waals surface area contributed by atoms with Crippen LogP contribution < -0.4 is 21.5 Å². The summed E-state index contributed by atoms with van der Waals surface area (Å²) in [5, 5.41) is 8.76. The third-order valence-electron chi connectivity index (χ3n) is 7.17. The molecule has 0 bridgehead atoms. The Morgan fingerprint density at radius 1 is 0.929 bits per heavy atom. The van der Waals surface area contributed by atoms with Crippen molar-refractivity contribution >= 4 is 17.4 Å².